The summed E-state index contributed by atoms with van der Waals surface area (Å²) >= 11 is 2.65. The number of pyridine rings is 1. The lowest BCUT2D eigenvalue weighted by Crippen LogP contribution is -2.22. The minimum Gasteiger partial charge on any atom is -0.268 e. The van der Waals surface area contributed by atoms with Gasteiger partial charge in [0.2, 0.25) is 0 Å². The highest BCUT2D eigenvalue weighted by atomic mass is 32.2. The summed E-state index contributed by atoms with van der Waals surface area (Å²) in [6.45, 7) is 3.98. The van der Waals surface area contributed by atoms with Gasteiger partial charge in [0.15, 0.2) is 9.50 Å². The molecule has 8 heteroatoms. The van der Waals surface area contributed by atoms with Crippen LogP contribution in [0, 0.1) is 6.92 Å². The molecule has 4 aromatic rings. The Morgan fingerprint density at radius 2 is 2.04 bits per heavy atom. The maximum Gasteiger partial charge on any atom is 0.267 e. The van der Waals surface area contributed by atoms with Crippen LogP contribution in [0.15, 0.2) is 56.9 Å². The van der Waals surface area contributed by atoms with Crippen LogP contribution in [0.4, 0.5) is 0 Å². The van der Waals surface area contributed by atoms with Crippen molar-refractivity contribution in [3.8, 4) is 5.82 Å². The highest BCUT2D eigenvalue weighted by Gasteiger charge is 2.16. The molecule has 1 aromatic carbocycles. The molecule has 0 N–H and O–H groups in total. The van der Waals surface area contributed by atoms with Gasteiger partial charge in [-0.25, -0.2) is 19.5 Å². The molecule has 0 amide bonds. The van der Waals surface area contributed by atoms with Crippen molar-refractivity contribution in [2.45, 2.75) is 29.8 Å². The predicted octanol–water partition coefficient (Wildman–Crippen LogP) is 3.65. The topological polar surface area (TPSA) is 73.6 Å². The van der Waals surface area contributed by atoms with Crippen molar-refractivity contribution < 1.29 is 0 Å². The molecular formula is C18H15N5OS2. The fraction of sp³-hybridized carbons (Fsp3) is 0.167. The van der Waals surface area contributed by atoms with Crippen LogP contribution in [0.2, 0.25) is 0 Å². The van der Waals surface area contributed by atoms with Crippen molar-refractivity contribution in [2.24, 2.45) is 0 Å². The van der Waals surface area contributed by atoms with Gasteiger partial charge in [0.05, 0.1) is 10.9 Å². The molecular weight excluding hydrogens is 366 g/mol. The molecule has 130 valence electrons. The fourth-order valence-electron chi connectivity index (χ4n) is 2.53. The molecule has 0 aliphatic carbocycles. The molecule has 0 atom stereocenters. The highest BCUT2D eigenvalue weighted by Crippen LogP contribution is 2.29. The molecule has 3 aromatic heterocycles. The molecule has 0 radical (unpaired) electrons. The quantitative estimate of drug-likeness (QED) is 0.502. The summed E-state index contributed by atoms with van der Waals surface area (Å²) in [5.74, 6) is 1.34. The molecule has 0 fully saturated rings. The third-order valence-corrected chi connectivity index (χ3v) is 5.56. The van der Waals surface area contributed by atoms with Crippen LogP contribution in [-0.4, -0.2) is 23.9 Å². The number of para-hydroxylation sites is 1. The van der Waals surface area contributed by atoms with Crippen LogP contribution >= 0.6 is 23.3 Å². The zero-order valence-corrected chi connectivity index (χ0v) is 15.8. The molecule has 26 heavy (non-hydrogen) atoms. The van der Waals surface area contributed by atoms with Gasteiger partial charge in [-0.05, 0) is 60.0 Å². The number of aromatic nitrogens is 5. The Balaban J connectivity index is 1.94. The minimum atomic E-state index is -0.142. The molecule has 3 heterocycles. The van der Waals surface area contributed by atoms with Crippen molar-refractivity contribution in [2.75, 3.05) is 0 Å². The zero-order valence-electron chi connectivity index (χ0n) is 14.2. The van der Waals surface area contributed by atoms with Crippen LogP contribution < -0.4 is 5.56 Å². The number of nitrogens with zero attached hydrogens (tertiary/aromatic N) is 5. The molecule has 0 bridgehead atoms. The van der Waals surface area contributed by atoms with Crippen LogP contribution in [0.3, 0.4) is 0 Å². The second kappa shape index (κ2) is 6.97. The van der Waals surface area contributed by atoms with E-state index in [0.29, 0.717) is 21.9 Å². The number of fused-ring (bicyclic) bond motifs is 1. The number of aryl methyl sites for hydroxylation is 2. The van der Waals surface area contributed by atoms with Crippen LogP contribution in [-0.2, 0) is 6.42 Å². The fourth-order valence-corrected chi connectivity index (χ4v) is 4.23. The van der Waals surface area contributed by atoms with E-state index in [9.17, 15) is 4.79 Å². The molecule has 6 nitrogen and oxygen atoms in total. The monoisotopic (exact) mass is 381 g/mol. The van der Waals surface area contributed by atoms with Crippen LogP contribution in [0.5, 0.6) is 0 Å². The Morgan fingerprint density at radius 1 is 1.19 bits per heavy atom. The second-order valence-electron chi connectivity index (χ2n) is 5.68. The lowest BCUT2D eigenvalue weighted by atomic mass is 10.2. The first-order valence-electron chi connectivity index (χ1n) is 8.11. The molecule has 0 saturated carbocycles. The highest BCUT2D eigenvalue weighted by molar-refractivity contribution is 8.00. The Hall–Kier alpha value is -2.58. The number of benzene rings is 1. The van der Waals surface area contributed by atoms with Gasteiger partial charge in [-0.3, -0.25) is 4.79 Å². The molecule has 0 saturated heterocycles. The Bertz CT molecular complexity index is 1150. The van der Waals surface area contributed by atoms with E-state index >= 15 is 0 Å². The summed E-state index contributed by atoms with van der Waals surface area (Å²) in [6, 6.07) is 11.1. The van der Waals surface area contributed by atoms with E-state index < -0.39 is 0 Å². The average molecular weight is 381 g/mol. The van der Waals surface area contributed by atoms with Crippen LogP contribution in [0.25, 0.3) is 16.7 Å². The largest absolute Gasteiger partial charge is 0.268 e. The van der Waals surface area contributed by atoms with Gasteiger partial charge in [-0.2, -0.15) is 4.37 Å². The third kappa shape index (κ3) is 3.13. The maximum absolute atomic E-state index is 13.1. The SMILES string of the molecule is CCc1nsc(Sc2nc3ccccc3c(=O)n2-c2cc(C)ccn2)n1. The van der Waals surface area contributed by atoms with Gasteiger partial charge in [-0.1, -0.05) is 19.1 Å². The lowest BCUT2D eigenvalue weighted by molar-refractivity contribution is 0.794. The van der Waals surface area contributed by atoms with E-state index in [2.05, 4.69) is 14.3 Å². The Kier molecular flexibility index (Phi) is 4.52. The van der Waals surface area contributed by atoms with Gasteiger partial charge < -0.3 is 0 Å². The van der Waals surface area contributed by atoms with E-state index in [4.69, 9.17) is 4.98 Å². The van der Waals surface area contributed by atoms with E-state index in [-0.39, 0.29) is 5.56 Å². The Labute approximate surface area is 158 Å². The summed E-state index contributed by atoms with van der Waals surface area (Å²) in [5, 5.41) is 1.09. The minimum absolute atomic E-state index is 0.142. The van der Waals surface area contributed by atoms with Gasteiger partial charge in [0, 0.05) is 12.6 Å². The number of hydrogen-bond acceptors (Lipinski definition) is 7. The number of hydrogen-bond donors (Lipinski definition) is 0. The lowest BCUT2D eigenvalue weighted by Gasteiger charge is -2.11. The third-order valence-electron chi connectivity index (χ3n) is 3.82. The number of rotatable bonds is 4. The van der Waals surface area contributed by atoms with Gasteiger partial charge >= 0.3 is 0 Å². The maximum atomic E-state index is 13.1. The van der Waals surface area contributed by atoms with E-state index in [0.717, 1.165) is 22.1 Å². The van der Waals surface area contributed by atoms with Crippen molar-refractivity contribution in [3.05, 3.63) is 64.3 Å². The Morgan fingerprint density at radius 3 is 2.81 bits per heavy atom. The smallest absolute Gasteiger partial charge is 0.267 e. The van der Waals surface area contributed by atoms with Crippen LogP contribution in [0.1, 0.15) is 18.3 Å². The van der Waals surface area contributed by atoms with Crippen molar-refractivity contribution in [3.63, 3.8) is 0 Å². The molecule has 0 aliphatic rings. The first kappa shape index (κ1) is 16.9. The van der Waals surface area contributed by atoms with Gasteiger partial charge in [0.1, 0.15) is 11.6 Å². The summed E-state index contributed by atoms with van der Waals surface area (Å²) in [4.78, 5) is 26.7. The first-order valence-corrected chi connectivity index (χ1v) is 9.70. The van der Waals surface area contributed by atoms with E-state index in [1.54, 1.807) is 16.8 Å². The van der Waals surface area contributed by atoms with Crippen molar-refractivity contribution >= 4 is 34.2 Å². The summed E-state index contributed by atoms with van der Waals surface area (Å²) in [7, 11) is 0. The van der Waals surface area contributed by atoms with Gasteiger partial charge in [-0.15, -0.1) is 0 Å². The second-order valence-corrected chi connectivity index (χ2v) is 7.64. The molecule has 0 aliphatic heterocycles. The summed E-state index contributed by atoms with van der Waals surface area (Å²) < 4.78 is 6.61. The van der Waals surface area contributed by atoms with Gasteiger partial charge in [0.25, 0.3) is 5.56 Å². The normalized spacial score (nSPS) is 11.2. The van der Waals surface area contributed by atoms with E-state index in [1.165, 1.54) is 23.3 Å². The zero-order chi connectivity index (χ0) is 18.1. The summed E-state index contributed by atoms with van der Waals surface area (Å²) in [5.41, 5.74) is 1.54. The first-order chi connectivity index (χ1) is 12.7. The van der Waals surface area contributed by atoms with Crippen molar-refractivity contribution in [1.29, 1.82) is 0 Å². The summed E-state index contributed by atoms with van der Waals surface area (Å²) in [6.07, 6.45) is 2.47. The molecule has 4 rings (SSSR count). The molecule has 0 unspecified atom stereocenters. The average Bonchev–Trinajstić information content (AvgIpc) is 3.09. The molecule has 0 spiro atoms. The van der Waals surface area contributed by atoms with E-state index in [1.807, 2.05) is 44.2 Å². The van der Waals surface area contributed by atoms with Crippen molar-refractivity contribution in [1.82, 2.24) is 23.9 Å². The predicted molar refractivity (Wildman–Crippen MR) is 103 cm³/mol. The standard InChI is InChI=1S/C18H15N5OS2/c1-3-14-21-18(26-22-14)25-17-20-13-7-5-4-6-12(13)16(24)23(17)15-10-11(2)8-9-19-15/h4-10H,3H2,1-2H3.